The van der Waals surface area contributed by atoms with Crippen LogP contribution in [0.4, 0.5) is 11.4 Å². The maximum Gasteiger partial charge on any atom is 0.271 e. The number of nitrogens with one attached hydrogen (secondary N) is 1. The largest absolute Gasteiger partial charge is 0.366 e. The Labute approximate surface area is 168 Å². The molecule has 0 saturated heterocycles. The molecule has 0 unspecified atom stereocenters. The van der Waals surface area contributed by atoms with Crippen molar-refractivity contribution in [2.75, 3.05) is 10.3 Å². The zero-order chi connectivity index (χ0) is 20.2. The topological polar surface area (TPSA) is 87.8 Å². The van der Waals surface area contributed by atoms with E-state index >= 15 is 0 Å². The predicted molar refractivity (Wildman–Crippen MR) is 114 cm³/mol. The van der Waals surface area contributed by atoms with E-state index in [1.807, 2.05) is 65.7 Å². The molecule has 2 amide bonds. The number of hydrogen-bond donors (Lipinski definition) is 2. The van der Waals surface area contributed by atoms with Gasteiger partial charge >= 0.3 is 0 Å². The summed E-state index contributed by atoms with van der Waals surface area (Å²) < 4.78 is 0. The van der Waals surface area contributed by atoms with Crippen molar-refractivity contribution in [3.8, 4) is 0 Å². The molecule has 3 N–H and O–H groups in total. The Hall–Kier alpha value is -3.93. The van der Waals surface area contributed by atoms with E-state index in [4.69, 9.17) is 5.73 Å². The molecule has 1 heterocycles. The Morgan fingerprint density at radius 3 is 2.14 bits per heavy atom. The van der Waals surface area contributed by atoms with Crippen LogP contribution in [0.5, 0.6) is 0 Å². The second kappa shape index (κ2) is 7.98. The Balaban J connectivity index is 1.58. The maximum absolute atomic E-state index is 12.8. The fraction of sp³-hybridized carbons (Fsp3) is 0.0870. The lowest BCUT2D eigenvalue weighted by atomic mass is 10.0. The zero-order valence-corrected chi connectivity index (χ0v) is 15.7. The standard InChI is InChI=1S/C23H20N4O2/c24-22(28)17-11-13-18(14-12-17)25-23(29)20-15-21(16-7-3-1-4-8-16)27(26-20)19-9-5-2-6-10-19/h1-14,21H,15H2,(H2,24,28)(H,25,29)/t21-/m0/s1. The van der Waals surface area contributed by atoms with Crippen molar-refractivity contribution >= 4 is 28.9 Å². The molecule has 0 saturated carbocycles. The van der Waals surface area contributed by atoms with E-state index < -0.39 is 5.91 Å². The molecule has 0 fully saturated rings. The van der Waals surface area contributed by atoms with Gasteiger partial charge in [-0.25, -0.2) is 0 Å². The third-order valence-electron chi connectivity index (χ3n) is 4.80. The van der Waals surface area contributed by atoms with E-state index in [-0.39, 0.29) is 11.9 Å². The number of carbonyl (C=O) groups is 2. The lowest BCUT2D eigenvalue weighted by Crippen LogP contribution is -2.22. The zero-order valence-electron chi connectivity index (χ0n) is 15.7. The highest BCUT2D eigenvalue weighted by Crippen LogP contribution is 2.35. The van der Waals surface area contributed by atoms with Crippen LogP contribution in [0.3, 0.4) is 0 Å². The summed E-state index contributed by atoms with van der Waals surface area (Å²) in [4.78, 5) is 24.0. The minimum Gasteiger partial charge on any atom is -0.366 e. The minimum absolute atomic E-state index is 0.0587. The number of anilines is 2. The fourth-order valence-corrected chi connectivity index (χ4v) is 3.32. The van der Waals surface area contributed by atoms with Crippen LogP contribution in [-0.2, 0) is 4.79 Å². The molecule has 4 rings (SSSR count). The molecule has 6 nitrogen and oxygen atoms in total. The number of nitrogens with zero attached hydrogens (tertiary/aromatic N) is 2. The lowest BCUT2D eigenvalue weighted by molar-refractivity contribution is -0.110. The molecule has 3 aromatic rings. The average Bonchev–Trinajstić information content (AvgIpc) is 3.21. The van der Waals surface area contributed by atoms with Crippen LogP contribution >= 0.6 is 0 Å². The Morgan fingerprint density at radius 1 is 0.897 bits per heavy atom. The molecule has 1 aliphatic heterocycles. The first-order valence-electron chi connectivity index (χ1n) is 9.30. The monoisotopic (exact) mass is 384 g/mol. The number of amides is 2. The summed E-state index contributed by atoms with van der Waals surface area (Å²) in [5.41, 5.74) is 8.69. The van der Waals surface area contributed by atoms with E-state index in [1.54, 1.807) is 24.3 Å². The fourth-order valence-electron chi connectivity index (χ4n) is 3.32. The first kappa shape index (κ1) is 18.4. The van der Waals surface area contributed by atoms with Crippen LogP contribution in [-0.4, -0.2) is 17.5 Å². The van der Waals surface area contributed by atoms with E-state index in [0.717, 1.165) is 11.3 Å². The molecule has 0 bridgehead atoms. The molecule has 0 radical (unpaired) electrons. The summed E-state index contributed by atoms with van der Waals surface area (Å²) >= 11 is 0. The molecule has 1 aliphatic rings. The van der Waals surface area contributed by atoms with Crippen molar-refractivity contribution in [3.05, 3.63) is 96.1 Å². The molecular weight excluding hydrogens is 364 g/mol. The van der Waals surface area contributed by atoms with Crippen LogP contribution in [0.15, 0.2) is 90.0 Å². The smallest absolute Gasteiger partial charge is 0.271 e. The molecule has 1 atom stereocenters. The Morgan fingerprint density at radius 2 is 1.52 bits per heavy atom. The van der Waals surface area contributed by atoms with E-state index in [0.29, 0.717) is 23.4 Å². The van der Waals surface area contributed by atoms with Gasteiger partial charge in [-0.1, -0.05) is 48.5 Å². The number of nitrogens with two attached hydrogens (primary N) is 1. The van der Waals surface area contributed by atoms with Crippen molar-refractivity contribution in [2.45, 2.75) is 12.5 Å². The normalized spacial score (nSPS) is 15.7. The van der Waals surface area contributed by atoms with Gasteiger partial charge in [0.25, 0.3) is 5.91 Å². The van der Waals surface area contributed by atoms with Crippen molar-refractivity contribution in [3.63, 3.8) is 0 Å². The van der Waals surface area contributed by atoms with Gasteiger partial charge in [0, 0.05) is 17.7 Å². The first-order valence-corrected chi connectivity index (χ1v) is 9.30. The van der Waals surface area contributed by atoms with Gasteiger partial charge in [-0.15, -0.1) is 0 Å². The van der Waals surface area contributed by atoms with Gasteiger partial charge in [-0.05, 0) is 42.0 Å². The highest BCUT2D eigenvalue weighted by atomic mass is 16.2. The summed E-state index contributed by atoms with van der Waals surface area (Å²) in [6, 6.07) is 26.2. The summed E-state index contributed by atoms with van der Waals surface area (Å²) in [5, 5.41) is 9.36. The molecule has 3 aromatic carbocycles. The minimum atomic E-state index is -0.507. The molecule has 0 aromatic heterocycles. The van der Waals surface area contributed by atoms with E-state index in [1.165, 1.54) is 0 Å². The summed E-state index contributed by atoms with van der Waals surface area (Å²) in [7, 11) is 0. The third-order valence-corrected chi connectivity index (χ3v) is 4.80. The highest BCUT2D eigenvalue weighted by molar-refractivity contribution is 6.43. The summed E-state index contributed by atoms with van der Waals surface area (Å²) in [6.45, 7) is 0. The predicted octanol–water partition coefficient (Wildman–Crippen LogP) is 3.73. The van der Waals surface area contributed by atoms with Crippen molar-refractivity contribution in [1.29, 1.82) is 0 Å². The van der Waals surface area contributed by atoms with E-state index in [2.05, 4.69) is 10.4 Å². The van der Waals surface area contributed by atoms with Crippen LogP contribution in [0, 0.1) is 0 Å². The second-order valence-electron chi connectivity index (χ2n) is 6.75. The highest BCUT2D eigenvalue weighted by Gasteiger charge is 2.32. The quantitative estimate of drug-likeness (QED) is 0.702. The van der Waals surface area contributed by atoms with Gasteiger partial charge in [0.1, 0.15) is 5.71 Å². The SMILES string of the molecule is NC(=O)c1ccc(NC(=O)C2=NN(c3ccccc3)[C@H](c3ccccc3)C2)cc1. The van der Waals surface area contributed by atoms with Crippen LogP contribution in [0.25, 0.3) is 0 Å². The molecule has 0 aliphatic carbocycles. The van der Waals surface area contributed by atoms with E-state index in [9.17, 15) is 9.59 Å². The van der Waals surface area contributed by atoms with Gasteiger partial charge in [0.15, 0.2) is 0 Å². The molecular formula is C23H20N4O2. The van der Waals surface area contributed by atoms with Gasteiger partial charge in [-0.3, -0.25) is 14.6 Å². The maximum atomic E-state index is 12.8. The molecule has 6 heteroatoms. The Kier molecular flexibility index (Phi) is 5.07. The summed E-state index contributed by atoms with van der Waals surface area (Å²) in [6.07, 6.45) is 0.490. The van der Waals surface area contributed by atoms with Gasteiger partial charge < -0.3 is 11.1 Å². The van der Waals surface area contributed by atoms with Crippen LogP contribution < -0.4 is 16.1 Å². The number of benzene rings is 3. The van der Waals surface area contributed by atoms with Crippen molar-refractivity contribution in [2.24, 2.45) is 10.8 Å². The molecule has 0 spiro atoms. The number of hydrogen-bond acceptors (Lipinski definition) is 4. The van der Waals surface area contributed by atoms with Crippen molar-refractivity contribution < 1.29 is 9.59 Å². The number of carbonyl (C=O) groups excluding carboxylic acids is 2. The van der Waals surface area contributed by atoms with Gasteiger partial charge in [0.2, 0.25) is 5.91 Å². The third kappa shape index (κ3) is 4.01. The number of hydrazone groups is 1. The van der Waals surface area contributed by atoms with Crippen LogP contribution in [0.1, 0.15) is 28.4 Å². The number of para-hydroxylation sites is 1. The number of primary amides is 1. The Bertz CT molecular complexity index is 1050. The summed E-state index contributed by atoms with van der Waals surface area (Å²) in [5.74, 6) is -0.775. The first-order chi connectivity index (χ1) is 14.1. The molecule has 29 heavy (non-hydrogen) atoms. The average molecular weight is 384 g/mol. The van der Waals surface area contributed by atoms with Crippen LogP contribution in [0.2, 0.25) is 0 Å². The second-order valence-corrected chi connectivity index (χ2v) is 6.75. The van der Waals surface area contributed by atoms with Gasteiger partial charge in [-0.2, -0.15) is 5.10 Å². The number of rotatable bonds is 5. The lowest BCUT2D eigenvalue weighted by Gasteiger charge is -2.23. The van der Waals surface area contributed by atoms with Crippen molar-refractivity contribution in [1.82, 2.24) is 0 Å². The molecule has 144 valence electrons. The van der Waals surface area contributed by atoms with Gasteiger partial charge in [0.05, 0.1) is 11.7 Å².